The van der Waals surface area contributed by atoms with Crippen molar-refractivity contribution < 1.29 is 14.4 Å². The molecule has 3 amide bonds. The fraction of sp³-hybridized carbons (Fsp3) is 0.318. The fourth-order valence-electron chi connectivity index (χ4n) is 3.74. The molecule has 2 aromatic carbocycles. The molecule has 7 heteroatoms. The van der Waals surface area contributed by atoms with E-state index in [1.165, 1.54) is 17.3 Å². The van der Waals surface area contributed by atoms with Crippen LogP contribution in [0.2, 0.25) is 0 Å². The highest BCUT2D eigenvalue weighted by molar-refractivity contribution is 8.00. The Labute approximate surface area is 174 Å². The summed E-state index contributed by atoms with van der Waals surface area (Å²) in [5.41, 5.74) is 2.66. The molecule has 150 valence electrons. The minimum atomic E-state index is -0.503. The van der Waals surface area contributed by atoms with Gasteiger partial charge in [0, 0.05) is 23.7 Å². The molecule has 4 rings (SSSR count). The number of carbonyl (C=O) groups is 3. The van der Waals surface area contributed by atoms with Crippen LogP contribution in [0.5, 0.6) is 0 Å². The quantitative estimate of drug-likeness (QED) is 0.744. The maximum absolute atomic E-state index is 12.8. The van der Waals surface area contributed by atoms with Gasteiger partial charge in [0.25, 0.3) is 5.91 Å². The van der Waals surface area contributed by atoms with Gasteiger partial charge in [-0.2, -0.15) is 0 Å². The average molecular weight is 410 g/mol. The standard InChI is InChI=1S/C22H23N3O3S/c26-20(25-13-11-15-6-1-3-9-18(15)25)14-29-19-10-4-2-7-16(19)21(27)24-17-8-5-12-23-22(17)28/h1-4,6-7,9-10,17H,5,8,11-14H2,(H,23,28)(H,24,27). The van der Waals surface area contributed by atoms with Crippen LogP contribution in [0.25, 0.3) is 0 Å². The van der Waals surface area contributed by atoms with Crippen molar-refractivity contribution >= 4 is 35.2 Å². The Balaban J connectivity index is 1.41. The predicted octanol–water partition coefficient (Wildman–Crippen LogP) is 2.38. The second-order valence-corrected chi connectivity index (χ2v) is 8.19. The number of anilines is 1. The number of nitrogens with one attached hydrogen (secondary N) is 2. The SMILES string of the molecule is O=C(NC1CCCNC1=O)c1ccccc1SCC(=O)N1CCc2ccccc21. The van der Waals surface area contributed by atoms with Crippen LogP contribution < -0.4 is 15.5 Å². The van der Waals surface area contributed by atoms with Gasteiger partial charge in [-0.1, -0.05) is 30.3 Å². The zero-order chi connectivity index (χ0) is 20.2. The van der Waals surface area contributed by atoms with E-state index in [1.54, 1.807) is 12.1 Å². The third kappa shape index (κ3) is 4.29. The van der Waals surface area contributed by atoms with Gasteiger partial charge in [0.2, 0.25) is 11.8 Å². The number of piperidine rings is 1. The number of rotatable bonds is 5. The molecule has 0 spiro atoms. The lowest BCUT2D eigenvalue weighted by atomic mass is 10.1. The Bertz CT molecular complexity index is 946. The van der Waals surface area contributed by atoms with Crippen LogP contribution in [0.4, 0.5) is 5.69 Å². The summed E-state index contributed by atoms with van der Waals surface area (Å²) in [6.07, 6.45) is 2.35. The molecule has 2 aromatic rings. The number of benzene rings is 2. The maximum Gasteiger partial charge on any atom is 0.253 e. The van der Waals surface area contributed by atoms with Gasteiger partial charge in [-0.25, -0.2) is 0 Å². The average Bonchev–Trinajstić information content (AvgIpc) is 3.18. The number of fused-ring (bicyclic) bond motifs is 1. The number of carbonyl (C=O) groups excluding carboxylic acids is 3. The van der Waals surface area contributed by atoms with Crippen LogP contribution in [-0.4, -0.2) is 42.6 Å². The molecule has 0 aromatic heterocycles. The fourth-order valence-corrected chi connectivity index (χ4v) is 4.67. The van der Waals surface area contributed by atoms with Crippen molar-refractivity contribution in [3.05, 3.63) is 59.7 Å². The summed E-state index contributed by atoms with van der Waals surface area (Å²) in [6.45, 7) is 1.34. The first kappa shape index (κ1) is 19.5. The first-order chi connectivity index (χ1) is 14.1. The van der Waals surface area contributed by atoms with E-state index >= 15 is 0 Å². The lowest BCUT2D eigenvalue weighted by Gasteiger charge is -2.23. The van der Waals surface area contributed by atoms with E-state index < -0.39 is 6.04 Å². The lowest BCUT2D eigenvalue weighted by Crippen LogP contribution is -2.50. The van der Waals surface area contributed by atoms with Crippen molar-refractivity contribution in [1.82, 2.24) is 10.6 Å². The van der Waals surface area contributed by atoms with E-state index in [0.29, 0.717) is 25.1 Å². The zero-order valence-corrected chi connectivity index (χ0v) is 16.8. The second kappa shape index (κ2) is 8.69. The van der Waals surface area contributed by atoms with Crippen LogP contribution in [0, 0.1) is 0 Å². The Hall–Kier alpha value is -2.80. The number of thioether (sulfide) groups is 1. The normalized spacial score (nSPS) is 18.1. The van der Waals surface area contributed by atoms with Gasteiger partial charge in [-0.05, 0) is 43.0 Å². The van der Waals surface area contributed by atoms with Gasteiger partial charge in [-0.3, -0.25) is 14.4 Å². The Morgan fingerprint density at radius 2 is 1.93 bits per heavy atom. The number of hydrogen-bond acceptors (Lipinski definition) is 4. The Kier molecular flexibility index (Phi) is 5.85. The molecule has 2 N–H and O–H groups in total. The largest absolute Gasteiger partial charge is 0.354 e. The predicted molar refractivity (Wildman–Crippen MR) is 113 cm³/mol. The summed E-state index contributed by atoms with van der Waals surface area (Å²) in [5, 5.41) is 5.60. The van der Waals surface area contributed by atoms with Crippen molar-refractivity contribution in [2.75, 3.05) is 23.7 Å². The molecule has 2 aliphatic heterocycles. The zero-order valence-electron chi connectivity index (χ0n) is 16.0. The van der Waals surface area contributed by atoms with Crippen LogP contribution in [-0.2, 0) is 16.0 Å². The highest BCUT2D eigenvalue weighted by Crippen LogP contribution is 2.29. The lowest BCUT2D eigenvalue weighted by molar-refractivity contribution is -0.124. The van der Waals surface area contributed by atoms with Crippen LogP contribution >= 0.6 is 11.8 Å². The molecule has 0 saturated carbocycles. The summed E-state index contributed by atoms with van der Waals surface area (Å²) in [5.74, 6) is -0.142. The van der Waals surface area contributed by atoms with Gasteiger partial charge in [0.1, 0.15) is 6.04 Å². The van der Waals surface area contributed by atoms with E-state index in [1.807, 2.05) is 35.2 Å². The molecule has 0 radical (unpaired) electrons. The number of hydrogen-bond donors (Lipinski definition) is 2. The summed E-state index contributed by atoms with van der Waals surface area (Å²) in [7, 11) is 0. The van der Waals surface area contributed by atoms with Crippen LogP contribution in [0.15, 0.2) is 53.4 Å². The highest BCUT2D eigenvalue weighted by atomic mass is 32.2. The van der Waals surface area contributed by atoms with Crippen LogP contribution in [0.3, 0.4) is 0 Å². The summed E-state index contributed by atoms with van der Waals surface area (Å²) in [4.78, 5) is 40.0. The highest BCUT2D eigenvalue weighted by Gasteiger charge is 2.26. The molecule has 29 heavy (non-hydrogen) atoms. The van der Waals surface area contributed by atoms with E-state index in [2.05, 4.69) is 16.7 Å². The van der Waals surface area contributed by atoms with E-state index in [4.69, 9.17) is 0 Å². The van der Waals surface area contributed by atoms with E-state index in [0.717, 1.165) is 23.4 Å². The first-order valence-corrected chi connectivity index (χ1v) is 10.8. The summed E-state index contributed by atoms with van der Waals surface area (Å²) < 4.78 is 0. The van der Waals surface area contributed by atoms with Gasteiger partial charge in [-0.15, -0.1) is 11.8 Å². The number of amides is 3. The van der Waals surface area contributed by atoms with Crippen molar-refractivity contribution in [2.24, 2.45) is 0 Å². The molecular formula is C22H23N3O3S. The third-order valence-corrected chi connectivity index (χ3v) is 6.32. The van der Waals surface area contributed by atoms with Gasteiger partial charge in [0.15, 0.2) is 0 Å². The first-order valence-electron chi connectivity index (χ1n) is 9.82. The molecule has 6 nitrogen and oxygen atoms in total. The topological polar surface area (TPSA) is 78.5 Å². The second-order valence-electron chi connectivity index (χ2n) is 7.17. The molecule has 2 aliphatic rings. The van der Waals surface area contributed by atoms with Gasteiger partial charge in [0.05, 0.1) is 11.3 Å². The summed E-state index contributed by atoms with van der Waals surface area (Å²) >= 11 is 1.36. The third-order valence-electron chi connectivity index (χ3n) is 5.26. The maximum atomic E-state index is 12.8. The molecular weight excluding hydrogens is 386 g/mol. The monoisotopic (exact) mass is 409 g/mol. The smallest absolute Gasteiger partial charge is 0.253 e. The van der Waals surface area contributed by atoms with Crippen LogP contribution in [0.1, 0.15) is 28.8 Å². The van der Waals surface area contributed by atoms with Crippen molar-refractivity contribution in [3.8, 4) is 0 Å². The Morgan fingerprint density at radius 3 is 2.79 bits per heavy atom. The molecule has 1 unspecified atom stereocenters. The van der Waals surface area contributed by atoms with E-state index in [-0.39, 0.29) is 23.5 Å². The molecule has 2 heterocycles. The number of nitrogens with zero attached hydrogens (tertiary/aromatic N) is 1. The van der Waals surface area contributed by atoms with Gasteiger partial charge >= 0.3 is 0 Å². The molecule has 1 fully saturated rings. The minimum Gasteiger partial charge on any atom is -0.354 e. The van der Waals surface area contributed by atoms with Crippen molar-refractivity contribution in [1.29, 1.82) is 0 Å². The molecule has 1 saturated heterocycles. The Morgan fingerprint density at radius 1 is 1.14 bits per heavy atom. The minimum absolute atomic E-state index is 0.0295. The number of para-hydroxylation sites is 1. The molecule has 0 aliphatic carbocycles. The summed E-state index contributed by atoms with van der Waals surface area (Å²) in [6, 6.07) is 14.7. The molecule has 1 atom stereocenters. The molecule has 0 bridgehead atoms. The van der Waals surface area contributed by atoms with Crippen molar-refractivity contribution in [2.45, 2.75) is 30.2 Å². The van der Waals surface area contributed by atoms with Gasteiger partial charge < -0.3 is 15.5 Å². The van der Waals surface area contributed by atoms with Crippen molar-refractivity contribution in [3.63, 3.8) is 0 Å². The van der Waals surface area contributed by atoms with E-state index in [9.17, 15) is 14.4 Å².